The molecular weight excluding hydrogens is 497 g/mol. The van der Waals surface area contributed by atoms with Gasteiger partial charge in [0, 0.05) is 11.2 Å². The van der Waals surface area contributed by atoms with Crippen molar-refractivity contribution in [2.75, 3.05) is 13.2 Å². The Morgan fingerprint density at radius 2 is 1.97 bits per heavy atom. The van der Waals surface area contributed by atoms with Gasteiger partial charge in [0.05, 0.1) is 12.3 Å². The van der Waals surface area contributed by atoms with Crippen LogP contribution in [-0.4, -0.2) is 41.9 Å². The number of hydrogen-bond acceptors (Lipinski definition) is 7. The lowest BCUT2D eigenvalue weighted by molar-refractivity contribution is -0.151. The van der Waals surface area contributed by atoms with E-state index < -0.39 is 19.5 Å². The van der Waals surface area contributed by atoms with E-state index in [4.69, 9.17) is 14.0 Å². The number of hydrogen-bond donors (Lipinski definition) is 0. The van der Waals surface area contributed by atoms with Gasteiger partial charge >= 0.3 is 19.5 Å². The molecule has 1 saturated heterocycles. The van der Waals surface area contributed by atoms with Crippen molar-refractivity contribution in [3.05, 3.63) is 77.7 Å². The monoisotopic (exact) mass is 527 g/mol. The summed E-state index contributed by atoms with van der Waals surface area (Å²) in [5, 5.41) is 0.853. The number of benzene rings is 2. The fourth-order valence-electron chi connectivity index (χ4n) is 4.22. The number of thiophene rings is 1. The number of para-hydroxylation sites is 1. The molecule has 7 nitrogen and oxygen atoms in total. The highest BCUT2D eigenvalue weighted by atomic mass is 32.1. The number of carbonyl (C=O) groups excluding carboxylic acids is 2. The molecule has 0 radical (unpaired) electrons. The maximum atomic E-state index is 14.5. The number of esters is 2. The first kappa shape index (κ1) is 26.1. The van der Waals surface area contributed by atoms with Crippen molar-refractivity contribution < 1.29 is 28.2 Å². The quantitative estimate of drug-likeness (QED) is 0.171. The normalized spacial score (nSPS) is 17.6. The first-order chi connectivity index (χ1) is 17.3. The van der Waals surface area contributed by atoms with Crippen LogP contribution in [0, 0.1) is 0 Å². The standard InChI is InChI=1S/C27H30NO6PS/c1-4-15-32-27(30)25-17-21-16-20(12-13-24(21)36-25)18-35(31,34-22-9-6-5-7-10-22)28-14-8-11-23(28)26(29)33-19(2)3/h4-7,9-10,12-13,16-17,19,23H,1,8,11,14-15,18H2,2-3H3/t23-,35?/m0/s1. The summed E-state index contributed by atoms with van der Waals surface area (Å²) >= 11 is 1.34. The van der Waals surface area contributed by atoms with Crippen molar-refractivity contribution in [3.8, 4) is 5.75 Å². The van der Waals surface area contributed by atoms with Crippen LogP contribution in [0.15, 0.2) is 67.3 Å². The van der Waals surface area contributed by atoms with E-state index in [1.807, 2.05) is 36.4 Å². The minimum atomic E-state index is -3.54. The van der Waals surface area contributed by atoms with E-state index in [9.17, 15) is 14.2 Å². The Morgan fingerprint density at radius 1 is 1.19 bits per heavy atom. The molecule has 1 aromatic heterocycles. The van der Waals surface area contributed by atoms with Crippen LogP contribution in [-0.2, 0) is 25.0 Å². The van der Waals surface area contributed by atoms with Gasteiger partial charge in [-0.15, -0.1) is 11.3 Å². The van der Waals surface area contributed by atoms with E-state index >= 15 is 0 Å². The van der Waals surface area contributed by atoms with E-state index in [1.165, 1.54) is 17.4 Å². The second-order valence-electron chi connectivity index (χ2n) is 8.88. The van der Waals surface area contributed by atoms with Gasteiger partial charge in [-0.2, -0.15) is 0 Å². The third-order valence-corrected chi connectivity index (χ3v) is 9.35. The van der Waals surface area contributed by atoms with Gasteiger partial charge in [-0.1, -0.05) is 36.9 Å². The summed E-state index contributed by atoms with van der Waals surface area (Å²) in [5.41, 5.74) is 0.786. The van der Waals surface area contributed by atoms with Crippen LogP contribution in [0.25, 0.3) is 10.1 Å². The highest BCUT2D eigenvalue weighted by Gasteiger charge is 2.45. The highest BCUT2D eigenvalue weighted by Crippen LogP contribution is 2.57. The molecule has 0 amide bonds. The van der Waals surface area contributed by atoms with Gasteiger partial charge in [0.1, 0.15) is 23.3 Å². The zero-order valence-corrected chi connectivity index (χ0v) is 22.1. The zero-order valence-electron chi connectivity index (χ0n) is 20.4. The second-order valence-corrected chi connectivity index (χ2v) is 12.2. The molecule has 9 heteroatoms. The molecule has 2 heterocycles. The van der Waals surface area contributed by atoms with Crippen LogP contribution < -0.4 is 4.52 Å². The Morgan fingerprint density at radius 3 is 2.69 bits per heavy atom. The highest BCUT2D eigenvalue weighted by molar-refractivity contribution is 7.56. The number of rotatable bonds is 10. The van der Waals surface area contributed by atoms with Crippen molar-refractivity contribution in [2.24, 2.45) is 0 Å². The smallest absolute Gasteiger partial charge is 0.348 e. The van der Waals surface area contributed by atoms with Crippen molar-refractivity contribution in [1.82, 2.24) is 4.67 Å². The number of nitrogens with zero attached hydrogens (tertiary/aromatic N) is 1. The molecule has 4 rings (SSSR count). The van der Waals surface area contributed by atoms with Gasteiger partial charge in [0.25, 0.3) is 0 Å². The molecular formula is C27H30NO6PS. The number of carbonyl (C=O) groups is 2. The summed E-state index contributed by atoms with van der Waals surface area (Å²) in [6, 6.07) is 15.9. The Bertz CT molecular complexity index is 1290. The van der Waals surface area contributed by atoms with Crippen LogP contribution in [0.1, 0.15) is 41.9 Å². The summed E-state index contributed by atoms with van der Waals surface area (Å²) < 4.78 is 33.9. The van der Waals surface area contributed by atoms with Crippen LogP contribution in [0.3, 0.4) is 0 Å². The Balaban J connectivity index is 1.64. The molecule has 2 atom stereocenters. The molecule has 3 aromatic rings. The fourth-order valence-corrected chi connectivity index (χ4v) is 7.69. The van der Waals surface area contributed by atoms with Crippen molar-refractivity contribution >= 4 is 40.9 Å². The Labute approximate surface area is 215 Å². The first-order valence-corrected chi connectivity index (χ1v) is 14.5. The average molecular weight is 528 g/mol. The zero-order chi connectivity index (χ0) is 25.7. The summed E-state index contributed by atoms with van der Waals surface area (Å²) in [4.78, 5) is 25.6. The SMILES string of the molecule is C=CCOC(=O)c1cc2cc(CP(=O)(Oc3ccccc3)N3CCC[C@H]3C(=O)OC(C)C)ccc2s1. The minimum absolute atomic E-state index is 0.107. The van der Waals surface area contributed by atoms with E-state index in [0.29, 0.717) is 23.6 Å². The molecule has 1 aliphatic rings. The van der Waals surface area contributed by atoms with Gasteiger partial charge in [0.15, 0.2) is 0 Å². The molecule has 1 unspecified atom stereocenters. The molecule has 0 saturated carbocycles. The Hall–Kier alpha value is -2.93. The molecule has 2 aromatic carbocycles. The molecule has 1 aliphatic heterocycles. The predicted octanol–water partition coefficient (Wildman–Crippen LogP) is 6.43. The molecule has 0 aliphatic carbocycles. The van der Waals surface area contributed by atoms with Crippen LogP contribution >= 0.6 is 18.9 Å². The third kappa shape index (κ3) is 6.06. The van der Waals surface area contributed by atoms with Gasteiger partial charge in [-0.05, 0) is 68.0 Å². The first-order valence-electron chi connectivity index (χ1n) is 11.9. The number of fused-ring (bicyclic) bond motifs is 1. The van der Waals surface area contributed by atoms with E-state index in [1.54, 1.807) is 36.7 Å². The fraction of sp³-hybridized carbons (Fsp3) is 0.333. The van der Waals surface area contributed by atoms with Crippen molar-refractivity contribution in [2.45, 2.75) is 45.0 Å². The second kappa shape index (κ2) is 11.4. The molecule has 36 heavy (non-hydrogen) atoms. The summed E-state index contributed by atoms with van der Waals surface area (Å²) in [6.45, 7) is 7.78. The lowest BCUT2D eigenvalue weighted by Gasteiger charge is -2.32. The molecule has 0 spiro atoms. The van der Waals surface area contributed by atoms with Gasteiger partial charge in [-0.25, -0.2) is 9.46 Å². The number of ether oxygens (including phenoxy) is 2. The van der Waals surface area contributed by atoms with Gasteiger partial charge in [0.2, 0.25) is 0 Å². The maximum absolute atomic E-state index is 14.5. The van der Waals surface area contributed by atoms with Crippen LogP contribution in [0.4, 0.5) is 0 Å². The summed E-state index contributed by atoms with van der Waals surface area (Å²) in [7, 11) is -3.54. The predicted molar refractivity (Wildman–Crippen MR) is 142 cm³/mol. The van der Waals surface area contributed by atoms with E-state index in [-0.39, 0.29) is 24.8 Å². The maximum Gasteiger partial charge on any atom is 0.348 e. The van der Waals surface area contributed by atoms with E-state index in [2.05, 4.69) is 6.58 Å². The third-order valence-electron chi connectivity index (χ3n) is 5.73. The molecule has 0 N–H and O–H groups in total. The molecule has 190 valence electrons. The summed E-state index contributed by atoms with van der Waals surface area (Å²) in [6.07, 6.45) is 2.65. The van der Waals surface area contributed by atoms with Crippen molar-refractivity contribution in [1.29, 1.82) is 0 Å². The lowest BCUT2D eigenvalue weighted by atomic mass is 10.2. The molecule has 0 bridgehead atoms. The van der Waals surface area contributed by atoms with Crippen LogP contribution in [0.2, 0.25) is 0 Å². The topological polar surface area (TPSA) is 82.1 Å². The lowest BCUT2D eigenvalue weighted by Crippen LogP contribution is -2.37. The molecule has 1 fully saturated rings. The van der Waals surface area contributed by atoms with Gasteiger partial charge < -0.3 is 14.0 Å². The van der Waals surface area contributed by atoms with Crippen molar-refractivity contribution in [3.63, 3.8) is 0 Å². The Kier molecular flexibility index (Phi) is 8.29. The van der Waals surface area contributed by atoms with Crippen LogP contribution in [0.5, 0.6) is 5.75 Å². The minimum Gasteiger partial charge on any atom is -0.462 e. The van der Waals surface area contributed by atoms with E-state index in [0.717, 1.165) is 22.1 Å². The summed E-state index contributed by atoms with van der Waals surface area (Å²) in [5.74, 6) is -0.303. The van der Waals surface area contributed by atoms with Gasteiger partial charge in [-0.3, -0.25) is 9.36 Å². The average Bonchev–Trinajstić information content (AvgIpc) is 3.50. The largest absolute Gasteiger partial charge is 0.462 e.